The zero-order chi connectivity index (χ0) is 10.3. The minimum atomic E-state index is -0.312. The highest BCUT2D eigenvalue weighted by Gasteiger charge is 2.56. The number of ketones is 1. The molecular weight excluding hydrogens is 179 g/mol. The number of Topliss-reactive ketones (excluding diaryl/α,β-unsaturated/α-hetero) is 1. The Morgan fingerprint density at radius 2 is 1.93 bits per heavy atom. The molecule has 1 aromatic rings. The summed E-state index contributed by atoms with van der Waals surface area (Å²) in [4.78, 5) is 11.5. The first-order valence-corrected chi connectivity index (χ1v) is 4.84. The summed E-state index contributed by atoms with van der Waals surface area (Å²) in [6.45, 7) is 3.68. The molecule has 14 heavy (non-hydrogen) atoms. The van der Waals surface area contributed by atoms with Gasteiger partial charge in [0.15, 0.2) is 0 Å². The van der Waals surface area contributed by atoms with E-state index in [1.165, 1.54) is 12.1 Å². The summed E-state index contributed by atoms with van der Waals surface area (Å²) in [6, 6.07) is 6.29. The second-order valence-corrected chi connectivity index (χ2v) is 4.14. The maximum absolute atomic E-state index is 12.7. The molecule has 0 amide bonds. The average molecular weight is 192 g/mol. The molecule has 2 unspecified atom stereocenters. The van der Waals surface area contributed by atoms with Crippen molar-refractivity contribution in [3.8, 4) is 0 Å². The average Bonchev–Trinajstić information content (AvgIpc) is 2.80. The molecule has 1 aromatic carbocycles. The van der Waals surface area contributed by atoms with Crippen LogP contribution in [-0.2, 0) is 10.2 Å². The van der Waals surface area contributed by atoms with Crippen molar-refractivity contribution in [2.45, 2.75) is 25.7 Å². The van der Waals surface area contributed by atoms with E-state index in [4.69, 9.17) is 0 Å². The summed E-state index contributed by atoms with van der Waals surface area (Å²) in [5.74, 6) is 0.336. The fraction of sp³-hybridized carbons (Fsp3) is 0.417. The van der Waals surface area contributed by atoms with Crippen LogP contribution in [0.1, 0.15) is 25.8 Å². The smallest absolute Gasteiger partial charge is 0.140 e. The summed E-state index contributed by atoms with van der Waals surface area (Å²) in [7, 11) is 0. The minimum Gasteiger partial charge on any atom is -0.299 e. The van der Waals surface area contributed by atoms with Crippen LogP contribution in [0.2, 0.25) is 0 Å². The van der Waals surface area contributed by atoms with Gasteiger partial charge in [0.1, 0.15) is 11.6 Å². The lowest BCUT2D eigenvalue weighted by Crippen LogP contribution is -2.19. The third kappa shape index (κ3) is 1.17. The molecule has 0 saturated heterocycles. The number of hydrogen-bond acceptors (Lipinski definition) is 1. The number of carbonyl (C=O) groups excluding carboxylic acids is 1. The Labute approximate surface area is 82.9 Å². The van der Waals surface area contributed by atoms with Gasteiger partial charge in [-0.15, -0.1) is 0 Å². The topological polar surface area (TPSA) is 17.1 Å². The fourth-order valence-corrected chi connectivity index (χ4v) is 2.27. The van der Waals surface area contributed by atoms with Crippen molar-refractivity contribution >= 4 is 5.78 Å². The van der Waals surface area contributed by atoms with Crippen LogP contribution in [0.15, 0.2) is 24.3 Å². The molecule has 1 nitrogen and oxygen atoms in total. The van der Waals surface area contributed by atoms with Gasteiger partial charge >= 0.3 is 0 Å². The second kappa shape index (κ2) is 2.91. The van der Waals surface area contributed by atoms with E-state index in [9.17, 15) is 9.18 Å². The van der Waals surface area contributed by atoms with Crippen molar-refractivity contribution in [1.29, 1.82) is 0 Å². The first-order valence-electron chi connectivity index (χ1n) is 4.84. The van der Waals surface area contributed by atoms with Crippen molar-refractivity contribution in [2.24, 2.45) is 5.92 Å². The Morgan fingerprint density at radius 3 is 2.29 bits per heavy atom. The minimum absolute atomic E-state index is 0.191. The summed E-state index contributed by atoms with van der Waals surface area (Å²) >= 11 is 0. The van der Waals surface area contributed by atoms with Crippen LogP contribution in [0.3, 0.4) is 0 Å². The molecule has 0 aliphatic heterocycles. The second-order valence-electron chi connectivity index (χ2n) is 4.14. The van der Waals surface area contributed by atoms with Gasteiger partial charge in [-0.1, -0.05) is 19.1 Å². The van der Waals surface area contributed by atoms with Crippen molar-refractivity contribution in [3.05, 3.63) is 35.6 Å². The van der Waals surface area contributed by atoms with Crippen molar-refractivity contribution in [1.82, 2.24) is 0 Å². The molecule has 0 radical (unpaired) electrons. The van der Waals surface area contributed by atoms with Crippen molar-refractivity contribution in [2.75, 3.05) is 0 Å². The van der Waals surface area contributed by atoms with Gasteiger partial charge in [0.25, 0.3) is 0 Å². The number of rotatable bonds is 2. The molecule has 74 valence electrons. The molecule has 1 saturated carbocycles. The molecule has 1 fully saturated rings. The summed E-state index contributed by atoms with van der Waals surface area (Å²) in [5, 5.41) is 0. The molecule has 2 atom stereocenters. The van der Waals surface area contributed by atoms with Crippen LogP contribution < -0.4 is 0 Å². The highest BCUT2D eigenvalue weighted by atomic mass is 19.1. The largest absolute Gasteiger partial charge is 0.299 e. The number of hydrogen-bond donors (Lipinski definition) is 0. The quantitative estimate of drug-likeness (QED) is 0.704. The number of halogens is 1. The lowest BCUT2D eigenvalue weighted by Gasteiger charge is -2.12. The third-order valence-electron chi connectivity index (χ3n) is 3.30. The van der Waals surface area contributed by atoms with Crippen molar-refractivity contribution in [3.63, 3.8) is 0 Å². The molecule has 0 bridgehead atoms. The van der Waals surface area contributed by atoms with Crippen LogP contribution in [0.25, 0.3) is 0 Å². The van der Waals surface area contributed by atoms with Gasteiger partial charge in [0.05, 0.1) is 5.41 Å². The van der Waals surface area contributed by atoms with Gasteiger partial charge in [0.2, 0.25) is 0 Å². The molecule has 2 rings (SSSR count). The Balaban J connectivity index is 2.39. The first kappa shape index (κ1) is 9.38. The maximum atomic E-state index is 12.7. The molecule has 0 heterocycles. The van der Waals surface area contributed by atoms with Crippen LogP contribution in [-0.4, -0.2) is 5.78 Å². The molecule has 0 aromatic heterocycles. The Kier molecular flexibility index (Phi) is 1.95. The van der Waals surface area contributed by atoms with E-state index in [1.54, 1.807) is 19.1 Å². The highest BCUT2D eigenvalue weighted by molar-refractivity contribution is 5.91. The van der Waals surface area contributed by atoms with Crippen LogP contribution in [0, 0.1) is 11.7 Å². The Morgan fingerprint density at radius 1 is 1.43 bits per heavy atom. The van der Waals surface area contributed by atoms with E-state index in [0.717, 1.165) is 12.0 Å². The van der Waals surface area contributed by atoms with E-state index in [2.05, 4.69) is 6.92 Å². The van der Waals surface area contributed by atoms with Gasteiger partial charge in [-0.2, -0.15) is 0 Å². The summed E-state index contributed by atoms with van der Waals surface area (Å²) < 4.78 is 12.7. The lowest BCUT2D eigenvalue weighted by molar-refractivity contribution is -0.119. The van der Waals surface area contributed by atoms with E-state index < -0.39 is 0 Å². The van der Waals surface area contributed by atoms with Gasteiger partial charge in [-0.05, 0) is 37.0 Å². The van der Waals surface area contributed by atoms with Gasteiger partial charge in [-0.25, -0.2) is 4.39 Å². The third-order valence-corrected chi connectivity index (χ3v) is 3.30. The normalized spacial score (nSPS) is 30.1. The molecule has 0 spiro atoms. The van der Waals surface area contributed by atoms with Crippen LogP contribution >= 0.6 is 0 Å². The fourth-order valence-electron chi connectivity index (χ4n) is 2.27. The number of benzene rings is 1. The van der Waals surface area contributed by atoms with Crippen molar-refractivity contribution < 1.29 is 9.18 Å². The predicted molar refractivity (Wildman–Crippen MR) is 52.5 cm³/mol. The van der Waals surface area contributed by atoms with Crippen LogP contribution in [0.4, 0.5) is 4.39 Å². The highest BCUT2D eigenvalue weighted by Crippen LogP contribution is 2.54. The van der Waals surface area contributed by atoms with Gasteiger partial charge < -0.3 is 0 Å². The standard InChI is InChI=1S/C12H13FO/c1-8-7-12(8,9(2)14)10-3-5-11(13)6-4-10/h3-6,8H,7H2,1-2H3. The molecule has 1 aliphatic rings. The molecule has 0 N–H and O–H groups in total. The van der Waals surface area contributed by atoms with Gasteiger partial charge in [-0.3, -0.25) is 4.79 Å². The molecule has 2 heteroatoms. The maximum Gasteiger partial charge on any atom is 0.140 e. The number of carbonyl (C=O) groups is 1. The van der Waals surface area contributed by atoms with E-state index >= 15 is 0 Å². The van der Waals surface area contributed by atoms with E-state index in [1.807, 2.05) is 0 Å². The van der Waals surface area contributed by atoms with E-state index in [-0.39, 0.29) is 17.0 Å². The summed E-state index contributed by atoms with van der Waals surface area (Å²) in [6.07, 6.45) is 0.897. The van der Waals surface area contributed by atoms with Gasteiger partial charge in [0, 0.05) is 0 Å². The SMILES string of the molecule is CC(=O)C1(c2ccc(F)cc2)CC1C. The zero-order valence-electron chi connectivity index (χ0n) is 8.38. The Hall–Kier alpha value is -1.18. The molecular formula is C12H13FO. The summed E-state index contributed by atoms with van der Waals surface area (Å²) in [5.41, 5.74) is 0.646. The monoisotopic (exact) mass is 192 g/mol. The van der Waals surface area contributed by atoms with E-state index in [0.29, 0.717) is 5.92 Å². The molecule has 1 aliphatic carbocycles. The lowest BCUT2D eigenvalue weighted by atomic mass is 9.90. The van der Waals surface area contributed by atoms with Crippen LogP contribution in [0.5, 0.6) is 0 Å². The zero-order valence-corrected chi connectivity index (χ0v) is 8.38. The first-order chi connectivity index (χ1) is 6.57. The predicted octanol–water partition coefficient (Wildman–Crippen LogP) is 2.69. The Bertz CT molecular complexity index is 368.